The first-order valence-electron chi connectivity index (χ1n) is 8.11. The summed E-state index contributed by atoms with van der Waals surface area (Å²) < 4.78 is 4.97. The minimum Gasteiger partial charge on any atom is -0.469 e. The molecule has 23 heavy (non-hydrogen) atoms. The first kappa shape index (κ1) is 15.8. The van der Waals surface area contributed by atoms with Gasteiger partial charge in [-0.15, -0.1) is 0 Å². The average Bonchev–Trinajstić information content (AvgIpc) is 2.53. The molecule has 1 saturated heterocycles. The summed E-state index contributed by atoms with van der Waals surface area (Å²) >= 11 is 0. The van der Waals surface area contributed by atoms with Crippen molar-refractivity contribution in [2.24, 2.45) is 11.3 Å². The van der Waals surface area contributed by atoms with Crippen LogP contribution in [0.5, 0.6) is 0 Å². The topological polar surface area (TPSA) is 42.4 Å². The van der Waals surface area contributed by atoms with Gasteiger partial charge in [-0.2, -0.15) is 0 Å². The van der Waals surface area contributed by atoms with Crippen LogP contribution >= 0.6 is 0 Å². The number of aromatic nitrogens is 1. The molecule has 2 heterocycles. The summed E-state index contributed by atoms with van der Waals surface area (Å²) in [5.41, 5.74) is 2.11. The van der Waals surface area contributed by atoms with Gasteiger partial charge in [0.25, 0.3) is 0 Å². The number of benzene rings is 1. The minimum atomic E-state index is -0.131. The summed E-state index contributed by atoms with van der Waals surface area (Å²) in [5.74, 6) is 0.839. The number of fused-ring (bicyclic) bond motifs is 1. The van der Waals surface area contributed by atoms with Gasteiger partial charge in [-0.3, -0.25) is 4.79 Å². The summed E-state index contributed by atoms with van der Waals surface area (Å²) in [4.78, 5) is 19.1. The zero-order valence-corrected chi connectivity index (χ0v) is 14.3. The molecule has 1 unspecified atom stereocenters. The Hall–Kier alpha value is -2.10. The smallest absolute Gasteiger partial charge is 0.309 e. The number of carbonyl (C=O) groups is 1. The maximum atomic E-state index is 12.0. The second-order valence-corrected chi connectivity index (χ2v) is 7.09. The molecule has 0 N–H and O–H groups in total. The van der Waals surface area contributed by atoms with E-state index in [-0.39, 0.29) is 17.3 Å². The molecule has 1 aliphatic rings. The Morgan fingerprint density at radius 3 is 2.78 bits per heavy atom. The molecule has 2 aromatic rings. The third kappa shape index (κ3) is 2.90. The lowest BCUT2D eigenvalue weighted by molar-refractivity contribution is -0.150. The fourth-order valence-electron chi connectivity index (χ4n) is 3.59. The summed E-state index contributed by atoms with van der Waals surface area (Å²) in [6, 6.07) is 10.4. The van der Waals surface area contributed by atoms with Crippen LogP contribution in [0.25, 0.3) is 10.9 Å². The molecule has 3 rings (SSSR count). The fourth-order valence-corrected chi connectivity index (χ4v) is 3.59. The van der Waals surface area contributed by atoms with Crippen LogP contribution in [-0.4, -0.2) is 31.2 Å². The predicted octanol–water partition coefficient (Wildman–Crippen LogP) is 3.57. The van der Waals surface area contributed by atoms with Crippen LogP contribution in [0, 0.1) is 18.3 Å². The maximum absolute atomic E-state index is 12.0. The molecule has 0 bridgehead atoms. The van der Waals surface area contributed by atoms with Crippen molar-refractivity contribution >= 4 is 22.7 Å². The summed E-state index contributed by atoms with van der Waals surface area (Å²) in [5, 5.41) is 1.16. The van der Waals surface area contributed by atoms with E-state index >= 15 is 0 Å². The first-order chi connectivity index (χ1) is 10.9. The lowest BCUT2D eigenvalue weighted by Gasteiger charge is -2.43. The Bertz CT molecular complexity index is 739. The van der Waals surface area contributed by atoms with Crippen LogP contribution in [0.3, 0.4) is 0 Å². The van der Waals surface area contributed by atoms with Gasteiger partial charge in [0.15, 0.2) is 0 Å². The molecule has 0 radical (unpaired) electrons. The Kier molecular flexibility index (Phi) is 4.00. The lowest BCUT2D eigenvalue weighted by Crippen LogP contribution is -2.49. The third-order valence-corrected chi connectivity index (χ3v) is 4.95. The number of ether oxygens (including phenoxy) is 1. The number of rotatable bonds is 2. The van der Waals surface area contributed by atoms with Crippen molar-refractivity contribution in [3.8, 4) is 0 Å². The number of hydrogen-bond acceptors (Lipinski definition) is 4. The van der Waals surface area contributed by atoms with Crippen molar-refractivity contribution < 1.29 is 9.53 Å². The van der Waals surface area contributed by atoms with Crippen molar-refractivity contribution in [2.45, 2.75) is 27.2 Å². The molecule has 1 atom stereocenters. The fraction of sp³-hybridized carbons (Fsp3) is 0.474. The predicted molar refractivity (Wildman–Crippen MR) is 92.6 cm³/mol. The third-order valence-electron chi connectivity index (χ3n) is 4.95. The van der Waals surface area contributed by atoms with E-state index in [9.17, 15) is 4.79 Å². The van der Waals surface area contributed by atoms with Crippen LogP contribution in [0.1, 0.15) is 25.8 Å². The van der Waals surface area contributed by atoms with Crippen molar-refractivity contribution in [2.75, 3.05) is 25.1 Å². The van der Waals surface area contributed by atoms with Gasteiger partial charge in [-0.1, -0.05) is 32.0 Å². The Morgan fingerprint density at radius 1 is 1.30 bits per heavy atom. The second kappa shape index (κ2) is 5.84. The summed E-state index contributed by atoms with van der Waals surface area (Å²) in [6.45, 7) is 7.98. The zero-order valence-electron chi connectivity index (χ0n) is 14.3. The van der Waals surface area contributed by atoms with E-state index < -0.39 is 0 Å². The van der Waals surface area contributed by atoms with Gasteiger partial charge < -0.3 is 9.64 Å². The van der Waals surface area contributed by atoms with Crippen molar-refractivity contribution in [3.05, 3.63) is 35.9 Å². The van der Waals surface area contributed by atoms with Gasteiger partial charge >= 0.3 is 5.97 Å². The van der Waals surface area contributed by atoms with E-state index in [1.165, 1.54) is 12.7 Å². The van der Waals surface area contributed by atoms with Crippen LogP contribution in [0.2, 0.25) is 0 Å². The van der Waals surface area contributed by atoms with Crippen LogP contribution in [0.15, 0.2) is 30.3 Å². The summed E-state index contributed by atoms with van der Waals surface area (Å²) in [6.07, 6.45) is 0.799. The SMILES string of the molecule is COC(=O)C1CCN(c2ccc3cccc(C)c3n2)CC1(C)C. The number of methoxy groups -OCH3 is 1. The van der Waals surface area contributed by atoms with Gasteiger partial charge in [-0.05, 0) is 36.5 Å². The largest absolute Gasteiger partial charge is 0.469 e. The molecule has 122 valence electrons. The molecule has 0 aliphatic carbocycles. The molecule has 1 aliphatic heterocycles. The normalized spacial score (nSPS) is 20.5. The average molecular weight is 312 g/mol. The summed E-state index contributed by atoms with van der Waals surface area (Å²) in [7, 11) is 1.47. The quantitative estimate of drug-likeness (QED) is 0.795. The highest BCUT2D eigenvalue weighted by Gasteiger charge is 2.41. The number of esters is 1. The van der Waals surface area contributed by atoms with E-state index in [1.807, 2.05) is 0 Å². The Morgan fingerprint density at radius 2 is 2.09 bits per heavy atom. The molecule has 0 saturated carbocycles. The van der Waals surface area contributed by atoms with Gasteiger partial charge in [-0.25, -0.2) is 4.98 Å². The van der Waals surface area contributed by atoms with Gasteiger partial charge in [0.2, 0.25) is 0 Å². The van der Waals surface area contributed by atoms with E-state index in [2.05, 4.69) is 56.0 Å². The lowest BCUT2D eigenvalue weighted by atomic mass is 9.74. The molecular weight excluding hydrogens is 288 g/mol. The van der Waals surface area contributed by atoms with Gasteiger partial charge in [0, 0.05) is 18.5 Å². The number of para-hydroxylation sites is 1. The molecule has 4 heteroatoms. The maximum Gasteiger partial charge on any atom is 0.309 e. The van der Waals surface area contributed by atoms with Gasteiger partial charge in [0.1, 0.15) is 5.82 Å². The number of pyridine rings is 1. The van der Waals surface area contributed by atoms with E-state index in [0.717, 1.165) is 36.2 Å². The zero-order chi connectivity index (χ0) is 16.6. The minimum absolute atomic E-state index is 0.0501. The van der Waals surface area contributed by atoms with Gasteiger partial charge in [0.05, 0.1) is 18.5 Å². The number of carbonyl (C=O) groups excluding carboxylic acids is 1. The Labute approximate surface area is 137 Å². The number of piperidine rings is 1. The van der Waals surface area contributed by atoms with Crippen molar-refractivity contribution in [1.82, 2.24) is 4.98 Å². The molecule has 1 aromatic carbocycles. The van der Waals surface area contributed by atoms with Crippen LogP contribution < -0.4 is 4.90 Å². The molecular formula is C19H24N2O2. The highest BCUT2D eigenvalue weighted by atomic mass is 16.5. The first-order valence-corrected chi connectivity index (χ1v) is 8.11. The van der Waals surface area contributed by atoms with Crippen LogP contribution in [0.4, 0.5) is 5.82 Å². The molecule has 0 amide bonds. The highest BCUT2D eigenvalue weighted by molar-refractivity contribution is 5.83. The monoisotopic (exact) mass is 312 g/mol. The van der Waals surface area contributed by atoms with Crippen molar-refractivity contribution in [1.29, 1.82) is 0 Å². The van der Waals surface area contributed by atoms with Crippen LogP contribution in [-0.2, 0) is 9.53 Å². The second-order valence-electron chi connectivity index (χ2n) is 7.09. The van der Waals surface area contributed by atoms with E-state index in [4.69, 9.17) is 9.72 Å². The highest BCUT2D eigenvalue weighted by Crippen LogP contribution is 2.37. The Balaban J connectivity index is 1.89. The van der Waals surface area contributed by atoms with E-state index in [1.54, 1.807) is 0 Å². The number of hydrogen-bond donors (Lipinski definition) is 0. The molecule has 1 fully saturated rings. The standard InChI is InChI=1S/C19H24N2O2/c1-13-6-5-7-14-8-9-16(20-17(13)14)21-11-10-15(18(22)23-4)19(2,3)12-21/h5-9,15H,10-12H2,1-4H3. The van der Waals surface area contributed by atoms with E-state index in [0.29, 0.717) is 0 Å². The molecule has 1 aromatic heterocycles. The number of anilines is 1. The molecule has 4 nitrogen and oxygen atoms in total. The van der Waals surface area contributed by atoms with Crippen molar-refractivity contribution in [3.63, 3.8) is 0 Å². The number of aryl methyl sites for hydroxylation is 1. The molecule has 0 spiro atoms. The number of nitrogens with zero attached hydrogens (tertiary/aromatic N) is 2.